The minimum Gasteiger partial charge on any atom is -0.331 e. The summed E-state index contributed by atoms with van der Waals surface area (Å²) in [7, 11) is 0. The van der Waals surface area contributed by atoms with Crippen LogP contribution in [-0.4, -0.2) is 45.7 Å². The van der Waals surface area contributed by atoms with Crippen molar-refractivity contribution in [2.24, 2.45) is 5.73 Å². The predicted octanol–water partition coefficient (Wildman–Crippen LogP) is -0.145. The summed E-state index contributed by atoms with van der Waals surface area (Å²) < 4.78 is 0. The number of carbonyl (C=O) groups excluding carboxylic acids is 2. The van der Waals surface area contributed by atoms with E-state index in [1.54, 1.807) is 0 Å². The Kier molecular flexibility index (Phi) is 4.71. The number of nitrogens with zero attached hydrogens (tertiary/aromatic N) is 3. The van der Waals surface area contributed by atoms with Crippen LogP contribution in [-0.2, 0) is 4.79 Å². The summed E-state index contributed by atoms with van der Waals surface area (Å²) in [5, 5.41) is 0. The lowest BCUT2D eigenvalue weighted by atomic mass is 10.2. The molecule has 17 heavy (non-hydrogen) atoms. The molecule has 0 fully saturated rings. The second-order valence-corrected chi connectivity index (χ2v) is 3.83. The molecule has 0 bridgehead atoms. The van der Waals surface area contributed by atoms with E-state index in [0.29, 0.717) is 0 Å². The third-order valence-corrected chi connectivity index (χ3v) is 2.28. The van der Waals surface area contributed by atoms with Crippen molar-refractivity contribution in [3.05, 3.63) is 24.3 Å². The highest BCUT2D eigenvalue weighted by atomic mass is 16.2. The number of hydrogen-bond acceptors (Lipinski definition) is 5. The van der Waals surface area contributed by atoms with E-state index in [0.717, 1.165) is 0 Å². The van der Waals surface area contributed by atoms with Crippen molar-refractivity contribution in [3.63, 3.8) is 0 Å². The van der Waals surface area contributed by atoms with Crippen LogP contribution in [0.5, 0.6) is 0 Å². The monoisotopic (exact) mass is 236 g/mol. The third-order valence-electron chi connectivity index (χ3n) is 2.28. The van der Waals surface area contributed by atoms with E-state index in [1.165, 1.54) is 23.5 Å². The van der Waals surface area contributed by atoms with Crippen LogP contribution in [0.1, 0.15) is 24.3 Å². The van der Waals surface area contributed by atoms with E-state index in [2.05, 4.69) is 9.97 Å². The molecular formula is C11H16N4O2. The van der Waals surface area contributed by atoms with Crippen LogP contribution in [0.4, 0.5) is 0 Å². The Hall–Kier alpha value is -1.82. The molecule has 0 aliphatic carbocycles. The zero-order valence-electron chi connectivity index (χ0n) is 9.96. The third kappa shape index (κ3) is 3.60. The van der Waals surface area contributed by atoms with Crippen molar-refractivity contribution < 1.29 is 9.59 Å². The SMILES string of the molecule is CC(C)N(CC(=O)c1cnccn1)C(=O)CN. The lowest BCUT2D eigenvalue weighted by Crippen LogP contribution is -2.43. The first kappa shape index (κ1) is 13.2. The standard InChI is InChI=1S/C11H16N4O2/c1-8(2)15(11(17)5-12)7-10(16)9-6-13-3-4-14-9/h3-4,6,8H,5,7,12H2,1-2H3. The fraction of sp³-hybridized carbons (Fsp3) is 0.455. The first-order chi connectivity index (χ1) is 8.06. The first-order valence-corrected chi connectivity index (χ1v) is 5.35. The van der Waals surface area contributed by atoms with Crippen molar-refractivity contribution >= 4 is 11.7 Å². The zero-order chi connectivity index (χ0) is 12.8. The summed E-state index contributed by atoms with van der Waals surface area (Å²) in [6.45, 7) is 3.54. The highest BCUT2D eigenvalue weighted by Crippen LogP contribution is 2.02. The van der Waals surface area contributed by atoms with Gasteiger partial charge in [-0.15, -0.1) is 0 Å². The maximum atomic E-state index is 11.8. The molecule has 1 rings (SSSR count). The second-order valence-electron chi connectivity index (χ2n) is 3.83. The lowest BCUT2D eigenvalue weighted by Gasteiger charge is -2.25. The molecule has 1 heterocycles. The van der Waals surface area contributed by atoms with Gasteiger partial charge < -0.3 is 10.6 Å². The van der Waals surface area contributed by atoms with Gasteiger partial charge in [-0.2, -0.15) is 0 Å². The molecule has 6 nitrogen and oxygen atoms in total. The van der Waals surface area contributed by atoms with Gasteiger partial charge in [-0.3, -0.25) is 14.6 Å². The van der Waals surface area contributed by atoms with Gasteiger partial charge in [0.25, 0.3) is 0 Å². The van der Waals surface area contributed by atoms with Crippen molar-refractivity contribution in [2.75, 3.05) is 13.1 Å². The number of amides is 1. The van der Waals surface area contributed by atoms with Crippen molar-refractivity contribution in [3.8, 4) is 0 Å². The highest BCUT2D eigenvalue weighted by Gasteiger charge is 2.20. The minimum absolute atomic E-state index is 0.0214. The Bertz CT molecular complexity index is 392. The average molecular weight is 236 g/mol. The Balaban J connectivity index is 2.75. The molecule has 1 amide bonds. The largest absolute Gasteiger partial charge is 0.331 e. The van der Waals surface area contributed by atoms with Crippen LogP contribution in [0.2, 0.25) is 0 Å². The fourth-order valence-corrected chi connectivity index (χ4v) is 1.35. The molecule has 0 saturated carbocycles. The molecule has 92 valence electrons. The Morgan fingerprint density at radius 2 is 2.12 bits per heavy atom. The number of rotatable bonds is 5. The Morgan fingerprint density at radius 1 is 1.41 bits per heavy atom. The van der Waals surface area contributed by atoms with E-state index in [1.807, 2.05) is 13.8 Å². The van der Waals surface area contributed by atoms with Crippen LogP contribution < -0.4 is 5.73 Å². The average Bonchev–Trinajstić information content (AvgIpc) is 2.35. The molecule has 0 radical (unpaired) electrons. The Labute approximate surface area is 99.8 Å². The summed E-state index contributed by atoms with van der Waals surface area (Å²) >= 11 is 0. The molecule has 6 heteroatoms. The van der Waals surface area contributed by atoms with Crippen LogP contribution >= 0.6 is 0 Å². The first-order valence-electron chi connectivity index (χ1n) is 5.35. The van der Waals surface area contributed by atoms with Gasteiger partial charge in [0.15, 0.2) is 0 Å². The van der Waals surface area contributed by atoms with Gasteiger partial charge in [0.05, 0.1) is 19.3 Å². The smallest absolute Gasteiger partial charge is 0.236 e. The van der Waals surface area contributed by atoms with Crippen molar-refractivity contribution in [2.45, 2.75) is 19.9 Å². The maximum absolute atomic E-state index is 11.8. The van der Waals surface area contributed by atoms with E-state index < -0.39 is 0 Å². The summed E-state index contributed by atoms with van der Waals surface area (Å²) in [5.41, 5.74) is 5.55. The number of Topliss-reactive ketones (excluding diaryl/α,β-unsaturated/α-hetero) is 1. The molecule has 1 aromatic rings. The molecule has 0 unspecified atom stereocenters. The zero-order valence-corrected chi connectivity index (χ0v) is 9.96. The number of nitrogens with two attached hydrogens (primary N) is 1. The van der Waals surface area contributed by atoms with Gasteiger partial charge in [-0.25, -0.2) is 4.98 Å². The molecule has 0 aliphatic heterocycles. The summed E-state index contributed by atoms with van der Waals surface area (Å²) in [5.74, 6) is -0.495. The molecular weight excluding hydrogens is 220 g/mol. The van der Waals surface area contributed by atoms with E-state index in [-0.39, 0.29) is 36.5 Å². The molecule has 1 aromatic heterocycles. The van der Waals surface area contributed by atoms with E-state index in [4.69, 9.17) is 5.73 Å². The molecule has 2 N–H and O–H groups in total. The van der Waals surface area contributed by atoms with Gasteiger partial charge in [0, 0.05) is 18.4 Å². The molecule has 0 saturated heterocycles. The summed E-state index contributed by atoms with van der Waals surface area (Å²) in [6, 6.07) is -0.0772. The normalized spacial score (nSPS) is 10.4. The van der Waals surface area contributed by atoms with Gasteiger partial charge in [-0.05, 0) is 13.8 Å². The molecule has 0 atom stereocenters. The number of ketones is 1. The van der Waals surface area contributed by atoms with Crippen LogP contribution in [0.25, 0.3) is 0 Å². The summed E-state index contributed by atoms with van der Waals surface area (Å²) in [4.78, 5) is 32.5. The topological polar surface area (TPSA) is 89.2 Å². The van der Waals surface area contributed by atoms with Gasteiger partial charge in [0.1, 0.15) is 5.69 Å². The van der Waals surface area contributed by atoms with Crippen LogP contribution in [0.15, 0.2) is 18.6 Å². The molecule has 0 spiro atoms. The number of carbonyl (C=O) groups is 2. The van der Waals surface area contributed by atoms with Gasteiger partial charge in [0.2, 0.25) is 11.7 Å². The fourth-order valence-electron chi connectivity index (χ4n) is 1.35. The van der Waals surface area contributed by atoms with Crippen LogP contribution in [0.3, 0.4) is 0 Å². The van der Waals surface area contributed by atoms with Crippen molar-refractivity contribution in [1.82, 2.24) is 14.9 Å². The molecule has 0 aliphatic rings. The Morgan fingerprint density at radius 3 is 2.59 bits per heavy atom. The number of aromatic nitrogens is 2. The quantitative estimate of drug-likeness (QED) is 0.718. The minimum atomic E-state index is -0.253. The van der Waals surface area contributed by atoms with Gasteiger partial charge in [-0.1, -0.05) is 0 Å². The van der Waals surface area contributed by atoms with E-state index in [9.17, 15) is 9.59 Å². The van der Waals surface area contributed by atoms with E-state index >= 15 is 0 Å². The maximum Gasteiger partial charge on any atom is 0.236 e. The number of hydrogen-bond donors (Lipinski definition) is 1. The highest BCUT2D eigenvalue weighted by molar-refractivity contribution is 5.97. The van der Waals surface area contributed by atoms with Crippen molar-refractivity contribution in [1.29, 1.82) is 0 Å². The lowest BCUT2D eigenvalue weighted by molar-refractivity contribution is -0.130. The summed E-state index contributed by atoms with van der Waals surface area (Å²) in [6.07, 6.45) is 4.31. The second kappa shape index (κ2) is 6.05. The predicted molar refractivity (Wildman–Crippen MR) is 62.3 cm³/mol. The van der Waals surface area contributed by atoms with Gasteiger partial charge >= 0.3 is 0 Å². The van der Waals surface area contributed by atoms with Crippen LogP contribution in [0, 0.1) is 0 Å². The molecule has 0 aromatic carbocycles.